The van der Waals surface area contributed by atoms with Crippen molar-refractivity contribution in [1.82, 2.24) is 4.98 Å². The van der Waals surface area contributed by atoms with Gasteiger partial charge in [-0.15, -0.1) is 0 Å². The van der Waals surface area contributed by atoms with Gasteiger partial charge in [-0.25, -0.2) is 9.37 Å². The number of pyridine rings is 1. The van der Waals surface area contributed by atoms with E-state index in [0.29, 0.717) is 5.56 Å². The van der Waals surface area contributed by atoms with E-state index in [-0.39, 0.29) is 17.3 Å². The Hall–Kier alpha value is -2.54. The molecule has 6 nitrogen and oxygen atoms in total. The van der Waals surface area contributed by atoms with Crippen molar-refractivity contribution in [3.8, 4) is 11.6 Å². The summed E-state index contributed by atoms with van der Waals surface area (Å²) >= 11 is 0. The highest BCUT2D eigenvalue weighted by Gasteiger charge is 2.15. The number of rotatable bonds is 4. The van der Waals surface area contributed by atoms with E-state index >= 15 is 0 Å². The van der Waals surface area contributed by atoms with Gasteiger partial charge in [0.05, 0.1) is 17.1 Å². The molecule has 2 aromatic rings. The van der Waals surface area contributed by atoms with Gasteiger partial charge in [0.1, 0.15) is 0 Å². The van der Waals surface area contributed by atoms with Crippen molar-refractivity contribution in [1.29, 1.82) is 0 Å². The predicted molar refractivity (Wildman–Crippen MR) is 68.0 cm³/mol. The summed E-state index contributed by atoms with van der Waals surface area (Å²) in [5, 5.41) is 20.1. The van der Waals surface area contributed by atoms with Gasteiger partial charge >= 0.3 is 0 Å². The minimum absolute atomic E-state index is 0.0512. The van der Waals surface area contributed by atoms with Crippen molar-refractivity contribution in [2.45, 2.75) is 13.0 Å². The third kappa shape index (κ3) is 2.89. The standard InChI is InChI=1S/C13H11FN2O4/c1-8(17)10-3-2-6-15-13(10)20-12-5-4-9(16(18)19)7-11(12)14/h2-8,17H,1H3. The molecule has 0 spiro atoms. The summed E-state index contributed by atoms with van der Waals surface area (Å²) in [5.41, 5.74) is 0.0249. The molecule has 0 fully saturated rings. The van der Waals surface area contributed by atoms with Crippen LogP contribution in [-0.2, 0) is 0 Å². The van der Waals surface area contributed by atoms with E-state index in [2.05, 4.69) is 4.98 Å². The molecule has 0 saturated heterocycles. The molecule has 1 atom stereocenters. The topological polar surface area (TPSA) is 85.5 Å². The number of hydrogen-bond acceptors (Lipinski definition) is 5. The number of nitro benzene ring substituents is 1. The highest BCUT2D eigenvalue weighted by Crippen LogP contribution is 2.30. The molecule has 0 aliphatic heterocycles. The fourth-order valence-corrected chi connectivity index (χ4v) is 1.60. The van der Waals surface area contributed by atoms with Gasteiger partial charge in [0.15, 0.2) is 11.6 Å². The smallest absolute Gasteiger partial charge is 0.272 e. The number of aliphatic hydroxyl groups excluding tert-OH is 1. The molecule has 0 bridgehead atoms. The number of nitro groups is 1. The Balaban J connectivity index is 2.33. The van der Waals surface area contributed by atoms with E-state index in [0.717, 1.165) is 18.2 Å². The van der Waals surface area contributed by atoms with Crippen LogP contribution in [0, 0.1) is 15.9 Å². The summed E-state index contributed by atoms with van der Waals surface area (Å²) in [6, 6.07) is 6.25. The third-order valence-electron chi connectivity index (χ3n) is 2.58. The van der Waals surface area contributed by atoms with E-state index in [1.54, 1.807) is 12.1 Å². The van der Waals surface area contributed by atoms with Crippen LogP contribution in [0.1, 0.15) is 18.6 Å². The molecule has 0 amide bonds. The van der Waals surface area contributed by atoms with Crippen molar-refractivity contribution >= 4 is 5.69 Å². The average Bonchev–Trinajstić information content (AvgIpc) is 2.41. The molecule has 2 rings (SSSR count). The Labute approximate surface area is 113 Å². The Morgan fingerprint density at radius 3 is 2.80 bits per heavy atom. The highest BCUT2D eigenvalue weighted by atomic mass is 19.1. The molecular formula is C13H11FN2O4. The number of hydrogen-bond donors (Lipinski definition) is 1. The molecular weight excluding hydrogens is 267 g/mol. The van der Waals surface area contributed by atoms with Gasteiger partial charge < -0.3 is 9.84 Å². The molecule has 1 aromatic carbocycles. The molecule has 1 aromatic heterocycles. The maximum atomic E-state index is 13.7. The number of benzene rings is 1. The normalized spacial score (nSPS) is 11.9. The number of non-ortho nitro benzene ring substituents is 1. The largest absolute Gasteiger partial charge is 0.436 e. The van der Waals surface area contributed by atoms with Gasteiger partial charge in [-0.05, 0) is 25.1 Å². The minimum Gasteiger partial charge on any atom is -0.436 e. The first-order valence-electron chi connectivity index (χ1n) is 5.74. The lowest BCUT2D eigenvalue weighted by Crippen LogP contribution is -1.99. The minimum atomic E-state index is -0.874. The number of aromatic nitrogens is 1. The van der Waals surface area contributed by atoms with Crippen LogP contribution < -0.4 is 4.74 Å². The molecule has 0 saturated carbocycles. The molecule has 0 aliphatic carbocycles. The molecule has 7 heteroatoms. The highest BCUT2D eigenvalue weighted by molar-refractivity contribution is 5.40. The summed E-state index contributed by atoms with van der Waals surface area (Å²) in [5.74, 6) is -1.02. The van der Waals surface area contributed by atoms with E-state index in [1.807, 2.05) is 0 Å². The first kappa shape index (κ1) is 13.9. The Morgan fingerprint density at radius 1 is 1.45 bits per heavy atom. The first-order chi connectivity index (χ1) is 9.49. The maximum Gasteiger partial charge on any atom is 0.272 e. The summed E-state index contributed by atoms with van der Waals surface area (Å²) in [4.78, 5) is 13.7. The Morgan fingerprint density at radius 2 is 2.20 bits per heavy atom. The zero-order valence-electron chi connectivity index (χ0n) is 10.5. The second-order valence-electron chi connectivity index (χ2n) is 4.05. The lowest BCUT2D eigenvalue weighted by molar-refractivity contribution is -0.385. The predicted octanol–water partition coefficient (Wildman–Crippen LogP) is 2.97. The molecule has 104 valence electrons. The number of nitrogens with zero attached hydrogens (tertiary/aromatic N) is 2. The molecule has 20 heavy (non-hydrogen) atoms. The quantitative estimate of drug-likeness (QED) is 0.686. The van der Waals surface area contributed by atoms with Gasteiger partial charge in [0.25, 0.3) is 5.69 Å². The number of ether oxygens (including phenoxy) is 1. The number of halogens is 1. The van der Waals surface area contributed by atoms with Gasteiger partial charge in [0.2, 0.25) is 5.88 Å². The first-order valence-corrected chi connectivity index (χ1v) is 5.74. The average molecular weight is 278 g/mol. The van der Waals surface area contributed by atoms with Gasteiger partial charge in [-0.3, -0.25) is 10.1 Å². The maximum absolute atomic E-state index is 13.7. The SMILES string of the molecule is CC(O)c1cccnc1Oc1ccc([N+](=O)[O-])cc1F. The van der Waals surface area contributed by atoms with Gasteiger partial charge in [0, 0.05) is 17.8 Å². The van der Waals surface area contributed by atoms with Gasteiger partial charge in [-0.1, -0.05) is 0 Å². The summed E-state index contributed by atoms with van der Waals surface area (Å²) in [6.07, 6.45) is 0.602. The molecule has 0 aliphatic rings. The summed E-state index contributed by atoms with van der Waals surface area (Å²) in [6.45, 7) is 1.52. The van der Waals surface area contributed by atoms with E-state index in [9.17, 15) is 19.6 Å². The van der Waals surface area contributed by atoms with E-state index in [1.165, 1.54) is 13.1 Å². The van der Waals surface area contributed by atoms with Crippen LogP contribution in [0.3, 0.4) is 0 Å². The van der Waals surface area contributed by atoms with E-state index < -0.39 is 16.8 Å². The third-order valence-corrected chi connectivity index (χ3v) is 2.58. The molecule has 1 unspecified atom stereocenters. The van der Waals surface area contributed by atoms with Crippen LogP contribution in [-0.4, -0.2) is 15.0 Å². The van der Waals surface area contributed by atoms with Crippen LogP contribution in [0.15, 0.2) is 36.5 Å². The van der Waals surface area contributed by atoms with Crippen LogP contribution in [0.2, 0.25) is 0 Å². The van der Waals surface area contributed by atoms with Crippen molar-refractivity contribution in [2.75, 3.05) is 0 Å². The summed E-state index contributed by atoms with van der Waals surface area (Å²) in [7, 11) is 0. The van der Waals surface area contributed by atoms with Crippen molar-refractivity contribution < 1.29 is 19.2 Å². The lowest BCUT2D eigenvalue weighted by atomic mass is 10.2. The second kappa shape index (κ2) is 5.62. The van der Waals surface area contributed by atoms with Crippen molar-refractivity contribution in [2.24, 2.45) is 0 Å². The van der Waals surface area contributed by atoms with Crippen LogP contribution in [0.25, 0.3) is 0 Å². The monoisotopic (exact) mass is 278 g/mol. The molecule has 1 N–H and O–H groups in total. The zero-order chi connectivity index (χ0) is 14.7. The van der Waals surface area contributed by atoms with Crippen LogP contribution in [0.5, 0.6) is 11.6 Å². The Bertz CT molecular complexity index is 646. The Kier molecular flexibility index (Phi) is 3.90. The molecule has 1 heterocycles. The van der Waals surface area contributed by atoms with E-state index in [4.69, 9.17) is 4.74 Å². The number of aliphatic hydroxyl groups is 1. The second-order valence-corrected chi connectivity index (χ2v) is 4.05. The van der Waals surface area contributed by atoms with Gasteiger partial charge in [-0.2, -0.15) is 0 Å². The van der Waals surface area contributed by atoms with Crippen molar-refractivity contribution in [3.63, 3.8) is 0 Å². The van der Waals surface area contributed by atoms with Crippen LogP contribution in [0.4, 0.5) is 10.1 Å². The van der Waals surface area contributed by atoms with Crippen LogP contribution >= 0.6 is 0 Å². The fraction of sp³-hybridized carbons (Fsp3) is 0.154. The fourth-order valence-electron chi connectivity index (χ4n) is 1.60. The lowest BCUT2D eigenvalue weighted by Gasteiger charge is -2.11. The molecule has 0 radical (unpaired) electrons. The van der Waals surface area contributed by atoms with Crippen molar-refractivity contribution in [3.05, 3.63) is 58.0 Å². The zero-order valence-corrected chi connectivity index (χ0v) is 10.5. The summed E-state index contributed by atoms with van der Waals surface area (Å²) < 4.78 is 19.0.